The minimum absolute atomic E-state index is 0.185. The second kappa shape index (κ2) is 4.59. The largest absolute Gasteiger partial charge is 0.390 e. The summed E-state index contributed by atoms with van der Waals surface area (Å²) in [6, 6.07) is -0.439. The van der Waals surface area contributed by atoms with E-state index in [0.29, 0.717) is 12.0 Å². The second-order valence-corrected chi connectivity index (χ2v) is 5.98. The first-order valence-electron chi connectivity index (χ1n) is 6.49. The van der Waals surface area contributed by atoms with Crippen molar-refractivity contribution in [2.24, 2.45) is 7.05 Å². The molecule has 2 rings (SSSR count). The van der Waals surface area contributed by atoms with Gasteiger partial charge in [0.05, 0.1) is 11.8 Å². The van der Waals surface area contributed by atoms with Crippen LogP contribution in [0.2, 0.25) is 0 Å². The molecular weight excluding hydrogens is 260 g/mol. The van der Waals surface area contributed by atoms with Crippen LogP contribution in [0.15, 0.2) is 12.4 Å². The molecule has 0 bridgehead atoms. The van der Waals surface area contributed by atoms with Crippen molar-refractivity contribution in [3.05, 3.63) is 18.0 Å². The summed E-state index contributed by atoms with van der Waals surface area (Å²) in [6.45, 7) is 5.13. The SMILES string of the molecule is Cn1cc(C2(C)NC(=O)N(CCC(C)(C)O)C2=O)cn1. The van der Waals surface area contributed by atoms with Crippen LogP contribution in [0.3, 0.4) is 0 Å². The highest BCUT2D eigenvalue weighted by Gasteiger charge is 2.49. The van der Waals surface area contributed by atoms with Crippen LogP contribution in [-0.4, -0.2) is 43.9 Å². The van der Waals surface area contributed by atoms with Crippen molar-refractivity contribution in [2.45, 2.75) is 38.3 Å². The summed E-state index contributed by atoms with van der Waals surface area (Å²) in [5, 5.41) is 16.4. The third kappa shape index (κ3) is 2.53. The fourth-order valence-corrected chi connectivity index (χ4v) is 2.16. The summed E-state index contributed by atoms with van der Waals surface area (Å²) < 4.78 is 1.58. The van der Waals surface area contributed by atoms with E-state index in [0.717, 1.165) is 4.90 Å². The lowest BCUT2D eigenvalue weighted by atomic mass is 9.95. The summed E-state index contributed by atoms with van der Waals surface area (Å²) in [5.41, 5.74) is -1.37. The van der Waals surface area contributed by atoms with E-state index in [1.54, 1.807) is 44.9 Å². The first-order valence-corrected chi connectivity index (χ1v) is 6.49. The standard InChI is InChI=1S/C13H20N4O3/c1-12(2,20)5-6-17-10(18)13(3,15-11(17)19)9-7-14-16(4)8-9/h7-8,20H,5-6H2,1-4H3,(H,15,19). The van der Waals surface area contributed by atoms with Crippen molar-refractivity contribution >= 4 is 11.9 Å². The molecule has 0 radical (unpaired) electrons. The molecule has 1 unspecified atom stereocenters. The smallest absolute Gasteiger partial charge is 0.325 e. The molecule has 2 N–H and O–H groups in total. The molecule has 0 spiro atoms. The Balaban J connectivity index is 2.20. The molecule has 1 aromatic rings. The van der Waals surface area contributed by atoms with Gasteiger partial charge in [0.25, 0.3) is 5.91 Å². The minimum atomic E-state index is -1.09. The number of carbonyl (C=O) groups excluding carboxylic acids is 2. The van der Waals surface area contributed by atoms with E-state index in [9.17, 15) is 14.7 Å². The molecule has 20 heavy (non-hydrogen) atoms. The van der Waals surface area contributed by atoms with Gasteiger partial charge in [-0.05, 0) is 27.2 Å². The van der Waals surface area contributed by atoms with E-state index in [4.69, 9.17) is 0 Å². The van der Waals surface area contributed by atoms with Gasteiger partial charge < -0.3 is 10.4 Å². The molecule has 1 aliphatic rings. The Bertz CT molecular complexity index is 546. The second-order valence-electron chi connectivity index (χ2n) is 5.98. The molecule has 1 fully saturated rings. The van der Waals surface area contributed by atoms with Gasteiger partial charge in [0.2, 0.25) is 0 Å². The lowest BCUT2D eigenvalue weighted by Crippen LogP contribution is -2.41. The Hall–Kier alpha value is -1.89. The Morgan fingerprint density at radius 2 is 2.10 bits per heavy atom. The van der Waals surface area contributed by atoms with Crippen LogP contribution in [-0.2, 0) is 17.4 Å². The van der Waals surface area contributed by atoms with Crippen molar-refractivity contribution in [3.63, 3.8) is 0 Å². The third-order valence-electron chi connectivity index (χ3n) is 3.50. The summed E-state index contributed by atoms with van der Waals surface area (Å²) in [7, 11) is 1.75. The zero-order chi connectivity index (χ0) is 15.1. The van der Waals surface area contributed by atoms with Gasteiger partial charge in [0.15, 0.2) is 0 Å². The van der Waals surface area contributed by atoms with Crippen molar-refractivity contribution in [3.8, 4) is 0 Å². The van der Waals surface area contributed by atoms with Gasteiger partial charge in [-0.2, -0.15) is 5.10 Å². The fourth-order valence-electron chi connectivity index (χ4n) is 2.16. The van der Waals surface area contributed by atoms with Crippen LogP contribution in [0.1, 0.15) is 32.8 Å². The molecular formula is C13H20N4O3. The van der Waals surface area contributed by atoms with Crippen molar-refractivity contribution in [1.82, 2.24) is 20.0 Å². The van der Waals surface area contributed by atoms with Crippen LogP contribution < -0.4 is 5.32 Å². The molecule has 1 aliphatic heterocycles. The maximum Gasteiger partial charge on any atom is 0.325 e. The number of carbonyl (C=O) groups is 2. The van der Waals surface area contributed by atoms with Crippen LogP contribution in [0.5, 0.6) is 0 Å². The van der Waals surface area contributed by atoms with E-state index < -0.39 is 17.2 Å². The normalized spacial score (nSPS) is 23.4. The van der Waals surface area contributed by atoms with E-state index in [1.807, 2.05) is 0 Å². The molecule has 0 aromatic carbocycles. The fraction of sp³-hybridized carbons (Fsp3) is 0.615. The average molecular weight is 280 g/mol. The molecule has 0 aliphatic carbocycles. The number of hydrogen-bond acceptors (Lipinski definition) is 4. The number of amides is 3. The molecule has 1 atom stereocenters. The molecule has 1 saturated heterocycles. The number of rotatable bonds is 4. The minimum Gasteiger partial charge on any atom is -0.390 e. The maximum atomic E-state index is 12.5. The highest BCUT2D eigenvalue weighted by Crippen LogP contribution is 2.28. The van der Waals surface area contributed by atoms with Gasteiger partial charge in [0, 0.05) is 25.4 Å². The van der Waals surface area contributed by atoms with Gasteiger partial charge in [-0.1, -0.05) is 0 Å². The van der Waals surface area contributed by atoms with Gasteiger partial charge >= 0.3 is 6.03 Å². The predicted molar refractivity (Wildman–Crippen MR) is 71.7 cm³/mol. The number of aryl methyl sites for hydroxylation is 1. The highest BCUT2D eigenvalue weighted by molar-refractivity contribution is 6.07. The van der Waals surface area contributed by atoms with Gasteiger partial charge in [-0.15, -0.1) is 0 Å². The van der Waals surface area contributed by atoms with Crippen LogP contribution >= 0.6 is 0 Å². The maximum absolute atomic E-state index is 12.5. The molecule has 2 heterocycles. The zero-order valence-corrected chi connectivity index (χ0v) is 12.2. The van der Waals surface area contributed by atoms with Crippen molar-refractivity contribution in [1.29, 1.82) is 0 Å². The number of hydrogen-bond donors (Lipinski definition) is 2. The monoisotopic (exact) mass is 280 g/mol. The Morgan fingerprint density at radius 3 is 2.60 bits per heavy atom. The number of nitrogens with one attached hydrogen (secondary N) is 1. The first-order chi connectivity index (χ1) is 9.13. The Labute approximate surface area is 117 Å². The highest BCUT2D eigenvalue weighted by atomic mass is 16.3. The summed E-state index contributed by atoms with van der Waals surface area (Å²) in [4.78, 5) is 25.6. The average Bonchev–Trinajstić information content (AvgIpc) is 2.82. The first kappa shape index (κ1) is 14.5. The summed E-state index contributed by atoms with van der Waals surface area (Å²) in [5.74, 6) is -0.320. The van der Waals surface area contributed by atoms with Gasteiger partial charge in [-0.3, -0.25) is 14.4 Å². The van der Waals surface area contributed by atoms with Crippen LogP contribution in [0.25, 0.3) is 0 Å². The van der Waals surface area contributed by atoms with Crippen LogP contribution in [0, 0.1) is 0 Å². The van der Waals surface area contributed by atoms with E-state index >= 15 is 0 Å². The quantitative estimate of drug-likeness (QED) is 0.779. The Morgan fingerprint density at radius 1 is 1.45 bits per heavy atom. The molecule has 7 heteroatoms. The molecule has 3 amide bonds. The van der Waals surface area contributed by atoms with Crippen LogP contribution in [0.4, 0.5) is 4.79 Å². The van der Waals surface area contributed by atoms with E-state index in [-0.39, 0.29) is 12.5 Å². The molecule has 1 aromatic heterocycles. The number of urea groups is 1. The van der Waals surface area contributed by atoms with E-state index in [2.05, 4.69) is 10.4 Å². The lowest BCUT2D eigenvalue weighted by Gasteiger charge is -2.22. The number of aromatic nitrogens is 2. The molecule has 110 valence electrons. The summed E-state index contributed by atoms with van der Waals surface area (Å²) in [6.07, 6.45) is 3.60. The van der Waals surface area contributed by atoms with Gasteiger partial charge in [0.1, 0.15) is 5.54 Å². The Kier molecular flexibility index (Phi) is 3.33. The third-order valence-corrected chi connectivity index (χ3v) is 3.50. The van der Waals surface area contributed by atoms with Gasteiger partial charge in [-0.25, -0.2) is 4.79 Å². The molecule has 0 saturated carbocycles. The van der Waals surface area contributed by atoms with Crippen molar-refractivity contribution < 1.29 is 14.7 Å². The topological polar surface area (TPSA) is 87.5 Å². The van der Waals surface area contributed by atoms with E-state index in [1.165, 1.54) is 0 Å². The summed E-state index contributed by atoms with van der Waals surface area (Å²) >= 11 is 0. The number of nitrogens with zero attached hydrogens (tertiary/aromatic N) is 3. The predicted octanol–water partition coefficient (Wildman–Crippen LogP) is 0.348. The molecule has 7 nitrogen and oxygen atoms in total. The lowest BCUT2D eigenvalue weighted by molar-refractivity contribution is -0.131. The zero-order valence-electron chi connectivity index (χ0n) is 12.2. The number of aliphatic hydroxyl groups is 1. The number of imide groups is 1. The van der Waals surface area contributed by atoms with Crippen molar-refractivity contribution in [2.75, 3.05) is 6.54 Å².